The molecule has 2 unspecified atom stereocenters. The van der Waals surface area contributed by atoms with E-state index in [0.29, 0.717) is 0 Å². The van der Waals surface area contributed by atoms with Crippen molar-refractivity contribution in [2.24, 2.45) is 5.92 Å². The first-order valence-corrected chi connectivity index (χ1v) is 6.06. The summed E-state index contributed by atoms with van der Waals surface area (Å²) in [6, 6.07) is 17.8. The summed E-state index contributed by atoms with van der Waals surface area (Å²) < 4.78 is 0. The molecule has 0 nitrogen and oxygen atoms in total. The zero-order valence-corrected chi connectivity index (χ0v) is 9.35. The Balaban J connectivity index is 2.07. The third kappa shape index (κ3) is 0.904. The fraction of sp³-hybridized carbons (Fsp3) is 0.250. The summed E-state index contributed by atoms with van der Waals surface area (Å²) in [6.45, 7) is 2.38. The molecule has 0 radical (unpaired) electrons. The molecule has 78 valence electrons. The molecule has 0 N–H and O–H groups in total. The van der Waals surface area contributed by atoms with Crippen molar-refractivity contribution in [3.05, 3.63) is 59.7 Å². The molecule has 0 aliphatic heterocycles. The summed E-state index contributed by atoms with van der Waals surface area (Å²) in [5, 5.41) is 0. The van der Waals surface area contributed by atoms with Crippen molar-refractivity contribution < 1.29 is 0 Å². The van der Waals surface area contributed by atoms with Crippen LogP contribution >= 0.6 is 0 Å². The smallest absolute Gasteiger partial charge is 0.00522 e. The zero-order valence-electron chi connectivity index (χ0n) is 9.35. The van der Waals surface area contributed by atoms with Gasteiger partial charge in [-0.15, -0.1) is 0 Å². The lowest BCUT2D eigenvalue weighted by atomic mass is 9.86. The molecule has 4 rings (SSSR count). The van der Waals surface area contributed by atoms with Crippen LogP contribution in [0.2, 0.25) is 0 Å². The fourth-order valence-electron chi connectivity index (χ4n) is 3.48. The van der Waals surface area contributed by atoms with E-state index in [1.54, 1.807) is 11.1 Å². The summed E-state index contributed by atoms with van der Waals surface area (Å²) in [4.78, 5) is 0. The van der Waals surface area contributed by atoms with Crippen LogP contribution in [-0.2, 0) is 0 Å². The number of benzene rings is 2. The molecule has 16 heavy (non-hydrogen) atoms. The Hall–Kier alpha value is -1.56. The van der Waals surface area contributed by atoms with E-state index in [9.17, 15) is 0 Å². The van der Waals surface area contributed by atoms with Crippen LogP contribution in [0, 0.1) is 5.92 Å². The van der Waals surface area contributed by atoms with Gasteiger partial charge in [-0.05, 0) is 40.0 Å². The molecule has 2 aromatic rings. The minimum Gasteiger partial charge on any atom is -0.0619 e. The van der Waals surface area contributed by atoms with E-state index >= 15 is 0 Å². The van der Waals surface area contributed by atoms with Crippen molar-refractivity contribution in [1.82, 2.24) is 0 Å². The second-order valence-corrected chi connectivity index (χ2v) is 5.09. The van der Waals surface area contributed by atoms with Crippen LogP contribution in [0.25, 0.3) is 11.1 Å². The highest BCUT2D eigenvalue weighted by Gasteiger charge is 2.52. The maximum absolute atomic E-state index is 2.38. The Labute approximate surface area is 95.9 Å². The predicted molar refractivity (Wildman–Crippen MR) is 66.5 cm³/mol. The van der Waals surface area contributed by atoms with Gasteiger partial charge < -0.3 is 0 Å². The molecule has 2 aliphatic rings. The van der Waals surface area contributed by atoms with E-state index in [1.165, 1.54) is 11.1 Å². The lowest BCUT2D eigenvalue weighted by molar-refractivity contribution is 0.902. The fourth-order valence-corrected chi connectivity index (χ4v) is 3.48. The molecule has 0 amide bonds. The van der Waals surface area contributed by atoms with Crippen LogP contribution in [0.1, 0.15) is 29.9 Å². The molecule has 2 aromatic carbocycles. The topological polar surface area (TPSA) is 0 Å². The van der Waals surface area contributed by atoms with Gasteiger partial charge in [0.05, 0.1) is 0 Å². The van der Waals surface area contributed by atoms with E-state index < -0.39 is 0 Å². The third-order valence-corrected chi connectivity index (χ3v) is 4.31. The van der Waals surface area contributed by atoms with E-state index in [2.05, 4.69) is 55.5 Å². The van der Waals surface area contributed by atoms with Gasteiger partial charge in [0, 0.05) is 0 Å². The molecule has 0 heterocycles. The van der Waals surface area contributed by atoms with Gasteiger partial charge in [-0.2, -0.15) is 0 Å². The van der Waals surface area contributed by atoms with Crippen molar-refractivity contribution >= 4 is 0 Å². The first kappa shape index (κ1) is 8.58. The largest absolute Gasteiger partial charge is 0.0619 e. The van der Waals surface area contributed by atoms with Crippen LogP contribution < -0.4 is 0 Å². The van der Waals surface area contributed by atoms with Crippen LogP contribution in [0.3, 0.4) is 0 Å². The molecule has 0 bridgehead atoms. The van der Waals surface area contributed by atoms with E-state index in [0.717, 1.165) is 17.8 Å². The van der Waals surface area contributed by atoms with Gasteiger partial charge in [-0.3, -0.25) is 0 Å². The van der Waals surface area contributed by atoms with Gasteiger partial charge >= 0.3 is 0 Å². The summed E-state index contributed by atoms with van der Waals surface area (Å²) in [5.41, 5.74) is 6.06. The Morgan fingerprint density at radius 1 is 0.688 bits per heavy atom. The van der Waals surface area contributed by atoms with Gasteiger partial charge in [0.15, 0.2) is 0 Å². The van der Waals surface area contributed by atoms with Crippen molar-refractivity contribution in [2.75, 3.05) is 0 Å². The Kier molecular flexibility index (Phi) is 1.48. The summed E-state index contributed by atoms with van der Waals surface area (Å²) in [6.07, 6.45) is 0. The second kappa shape index (κ2) is 2.76. The van der Waals surface area contributed by atoms with E-state index in [-0.39, 0.29) is 0 Å². The van der Waals surface area contributed by atoms with Gasteiger partial charge in [0.1, 0.15) is 0 Å². The van der Waals surface area contributed by atoms with E-state index in [4.69, 9.17) is 0 Å². The average Bonchev–Trinajstić information content (AvgIpc) is 3.02. The van der Waals surface area contributed by atoms with Crippen LogP contribution in [-0.4, -0.2) is 0 Å². The predicted octanol–water partition coefficient (Wildman–Crippen LogP) is 4.18. The highest BCUT2D eigenvalue weighted by Crippen LogP contribution is 2.65. The lowest BCUT2D eigenvalue weighted by Crippen LogP contribution is -1.98. The standard InChI is InChI=1S/C16H14/c1-10-15-13-8-4-2-6-11(13)12-7-3-5-9-14(12)16(10)15/h2-10,15-16H,1H3. The maximum atomic E-state index is 2.38. The van der Waals surface area contributed by atoms with Gasteiger partial charge in [-0.25, -0.2) is 0 Å². The normalized spacial score (nSPS) is 28.9. The second-order valence-electron chi connectivity index (χ2n) is 5.09. The number of rotatable bonds is 0. The maximum Gasteiger partial charge on any atom is -0.00522 e. The highest BCUT2D eigenvalue weighted by molar-refractivity contribution is 5.77. The molecular weight excluding hydrogens is 192 g/mol. The summed E-state index contributed by atoms with van der Waals surface area (Å²) in [7, 11) is 0. The average molecular weight is 206 g/mol. The van der Waals surface area contributed by atoms with Crippen molar-refractivity contribution in [2.45, 2.75) is 18.8 Å². The van der Waals surface area contributed by atoms with Gasteiger partial charge in [0.2, 0.25) is 0 Å². The van der Waals surface area contributed by atoms with Gasteiger partial charge in [-0.1, -0.05) is 55.5 Å². The molecule has 2 atom stereocenters. The Morgan fingerprint density at radius 2 is 1.12 bits per heavy atom. The van der Waals surface area contributed by atoms with E-state index in [1.807, 2.05) is 0 Å². The van der Waals surface area contributed by atoms with Crippen molar-refractivity contribution in [3.63, 3.8) is 0 Å². The van der Waals surface area contributed by atoms with Crippen LogP contribution in [0.4, 0.5) is 0 Å². The third-order valence-electron chi connectivity index (χ3n) is 4.31. The minimum absolute atomic E-state index is 0.783. The molecule has 0 saturated heterocycles. The zero-order chi connectivity index (χ0) is 10.7. The Bertz CT molecular complexity index is 516. The molecule has 1 fully saturated rings. The number of hydrogen-bond donors (Lipinski definition) is 0. The molecule has 0 heteroatoms. The number of hydrogen-bond acceptors (Lipinski definition) is 0. The molecule has 0 aromatic heterocycles. The lowest BCUT2D eigenvalue weighted by Gasteiger charge is -2.18. The molecule has 1 saturated carbocycles. The highest BCUT2D eigenvalue weighted by atomic mass is 14.5. The quantitative estimate of drug-likeness (QED) is 0.606. The van der Waals surface area contributed by atoms with Gasteiger partial charge in [0.25, 0.3) is 0 Å². The van der Waals surface area contributed by atoms with Crippen molar-refractivity contribution in [3.8, 4) is 11.1 Å². The Morgan fingerprint density at radius 3 is 1.62 bits per heavy atom. The molecular formula is C16H14. The SMILES string of the molecule is CC1C2c3ccccc3-c3ccccc3C12. The minimum atomic E-state index is 0.783. The van der Waals surface area contributed by atoms with Crippen LogP contribution in [0.15, 0.2) is 48.5 Å². The molecule has 0 spiro atoms. The summed E-state index contributed by atoms with van der Waals surface area (Å²) >= 11 is 0. The monoisotopic (exact) mass is 206 g/mol. The molecule has 2 aliphatic carbocycles. The summed E-state index contributed by atoms with van der Waals surface area (Å²) in [5.74, 6) is 2.39. The first-order valence-electron chi connectivity index (χ1n) is 6.06. The number of fused-ring (bicyclic) bond motifs is 6. The first-order chi connectivity index (χ1) is 7.88. The van der Waals surface area contributed by atoms with Crippen molar-refractivity contribution in [1.29, 1.82) is 0 Å². The van der Waals surface area contributed by atoms with Crippen LogP contribution in [0.5, 0.6) is 0 Å².